The van der Waals surface area contributed by atoms with Crippen LogP contribution in [0.2, 0.25) is 0 Å². The number of anilines is 1. The summed E-state index contributed by atoms with van der Waals surface area (Å²) in [6, 6.07) is 6.12. The smallest absolute Gasteiger partial charge is 0.147 e. The first-order valence-electron chi connectivity index (χ1n) is 6.38. The van der Waals surface area contributed by atoms with Crippen LogP contribution in [-0.4, -0.2) is 19.4 Å². The zero-order valence-corrected chi connectivity index (χ0v) is 10.4. The van der Waals surface area contributed by atoms with Crippen LogP contribution >= 0.6 is 0 Å². The van der Waals surface area contributed by atoms with Crippen LogP contribution in [0.15, 0.2) is 43.1 Å². The molecule has 1 N–H and O–H groups in total. The molecular weight excluding hydrogens is 250 g/mol. The van der Waals surface area contributed by atoms with E-state index in [2.05, 4.69) is 42.9 Å². The summed E-state index contributed by atoms with van der Waals surface area (Å²) >= 11 is 0. The lowest BCUT2D eigenvalue weighted by Crippen LogP contribution is -1.98. The molecule has 5 heteroatoms. The molecule has 20 heavy (non-hydrogen) atoms. The van der Waals surface area contributed by atoms with Gasteiger partial charge >= 0.3 is 0 Å². The Morgan fingerprint density at radius 1 is 1.20 bits per heavy atom. The summed E-state index contributed by atoms with van der Waals surface area (Å²) in [4.78, 5) is 13.1. The highest BCUT2D eigenvalue weighted by molar-refractivity contribution is 6.09. The van der Waals surface area contributed by atoms with Crippen LogP contribution in [0.3, 0.4) is 0 Å². The van der Waals surface area contributed by atoms with Gasteiger partial charge in [0.1, 0.15) is 12.0 Å². The maximum absolute atomic E-state index is 4.54. The van der Waals surface area contributed by atoms with Gasteiger partial charge in [-0.2, -0.15) is 0 Å². The molecule has 0 aliphatic carbocycles. The van der Waals surface area contributed by atoms with Gasteiger partial charge in [0.2, 0.25) is 0 Å². The Morgan fingerprint density at radius 3 is 3.20 bits per heavy atom. The molecule has 0 unspecified atom stereocenters. The number of nitrogens with zero attached hydrogens (tertiary/aromatic N) is 4. The summed E-state index contributed by atoms with van der Waals surface area (Å²) in [5.74, 6) is 0. The van der Waals surface area contributed by atoms with E-state index in [1.165, 1.54) is 0 Å². The molecule has 0 saturated carbocycles. The van der Waals surface area contributed by atoms with Crippen LogP contribution in [-0.2, 0) is 0 Å². The topological polar surface area (TPSA) is 55.1 Å². The summed E-state index contributed by atoms with van der Waals surface area (Å²) < 4.78 is 2.13. The SMILES string of the molecule is C1=Cc2cc3ncncc3n3c2c(c2cccnc23)N1. The maximum atomic E-state index is 4.54. The number of fused-ring (bicyclic) bond motifs is 5. The molecule has 0 radical (unpaired) electrons. The molecule has 5 heterocycles. The minimum Gasteiger partial charge on any atom is -0.359 e. The summed E-state index contributed by atoms with van der Waals surface area (Å²) in [7, 11) is 0. The predicted octanol–water partition coefficient (Wildman–Crippen LogP) is 2.83. The van der Waals surface area contributed by atoms with Gasteiger partial charge in [-0.15, -0.1) is 0 Å². The standard InChI is InChI=1S/C15H9N5/c1-2-10-13-14-9(3-5-17-13)6-11-12(7-16-8-19-11)20(14)15(10)18-4-1/h1-8,17H. The van der Waals surface area contributed by atoms with Gasteiger partial charge in [-0.3, -0.25) is 4.40 Å². The quantitative estimate of drug-likeness (QED) is 0.527. The van der Waals surface area contributed by atoms with Gasteiger partial charge in [0, 0.05) is 23.3 Å². The Morgan fingerprint density at radius 2 is 2.20 bits per heavy atom. The van der Waals surface area contributed by atoms with Crippen molar-refractivity contribution in [3.63, 3.8) is 0 Å². The van der Waals surface area contributed by atoms with E-state index in [1.807, 2.05) is 24.7 Å². The number of aromatic nitrogens is 4. The van der Waals surface area contributed by atoms with Crippen molar-refractivity contribution in [3.05, 3.63) is 48.7 Å². The molecule has 1 aliphatic rings. The van der Waals surface area contributed by atoms with Crippen molar-refractivity contribution in [1.82, 2.24) is 19.4 Å². The van der Waals surface area contributed by atoms with Crippen molar-refractivity contribution in [3.8, 4) is 0 Å². The van der Waals surface area contributed by atoms with E-state index in [4.69, 9.17) is 0 Å². The van der Waals surface area contributed by atoms with E-state index in [9.17, 15) is 0 Å². The van der Waals surface area contributed by atoms with Crippen LogP contribution in [0, 0.1) is 0 Å². The molecule has 0 spiro atoms. The van der Waals surface area contributed by atoms with Gasteiger partial charge in [0.15, 0.2) is 0 Å². The molecule has 0 saturated heterocycles. The lowest BCUT2D eigenvalue weighted by molar-refractivity contribution is 1.17. The fraction of sp³-hybridized carbons (Fsp3) is 0. The first-order valence-corrected chi connectivity index (χ1v) is 6.38. The normalized spacial score (nSPS) is 13.2. The summed E-state index contributed by atoms with van der Waals surface area (Å²) in [5, 5.41) is 4.44. The second-order valence-corrected chi connectivity index (χ2v) is 4.80. The zero-order chi connectivity index (χ0) is 13.1. The first kappa shape index (κ1) is 9.91. The molecule has 0 bridgehead atoms. The summed E-state index contributed by atoms with van der Waals surface area (Å²) in [6.07, 6.45) is 9.24. The van der Waals surface area contributed by atoms with Gasteiger partial charge in [-0.25, -0.2) is 15.0 Å². The van der Waals surface area contributed by atoms with Crippen molar-refractivity contribution >= 4 is 39.3 Å². The highest BCUT2D eigenvalue weighted by Crippen LogP contribution is 2.37. The van der Waals surface area contributed by atoms with Gasteiger partial charge in [-0.05, 0) is 24.3 Å². The Labute approximate surface area is 113 Å². The highest BCUT2D eigenvalue weighted by Gasteiger charge is 2.19. The van der Waals surface area contributed by atoms with E-state index in [0.717, 1.165) is 38.8 Å². The summed E-state index contributed by atoms with van der Waals surface area (Å²) in [5.41, 5.74) is 6.18. The third-order valence-electron chi connectivity index (χ3n) is 3.75. The number of nitrogens with one attached hydrogen (secondary N) is 1. The number of hydrogen-bond acceptors (Lipinski definition) is 4. The third-order valence-corrected chi connectivity index (χ3v) is 3.75. The number of pyridine rings is 2. The van der Waals surface area contributed by atoms with E-state index < -0.39 is 0 Å². The average molecular weight is 259 g/mol. The van der Waals surface area contributed by atoms with Gasteiger partial charge in [0.25, 0.3) is 0 Å². The van der Waals surface area contributed by atoms with Crippen LogP contribution in [0.5, 0.6) is 0 Å². The van der Waals surface area contributed by atoms with Crippen molar-refractivity contribution in [2.75, 3.05) is 5.32 Å². The molecule has 0 amide bonds. The molecule has 5 nitrogen and oxygen atoms in total. The van der Waals surface area contributed by atoms with E-state index in [-0.39, 0.29) is 0 Å². The first-order chi connectivity index (χ1) is 9.93. The average Bonchev–Trinajstić information content (AvgIpc) is 2.85. The monoisotopic (exact) mass is 259 g/mol. The fourth-order valence-corrected chi connectivity index (χ4v) is 2.94. The lowest BCUT2D eigenvalue weighted by atomic mass is 10.1. The minimum absolute atomic E-state index is 0.920. The summed E-state index contributed by atoms with van der Waals surface area (Å²) in [6.45, 7) is 0. The largest absolute Gasteiger partial charge is 0.359 e. The molecule has 1 aliphatic heterocycles. The fourth-order valence-electron chi connectivity index (χ4n) is 2.94. The number of rotatable bonds is 0. The molecule has 4 aromatic heterocycles. The molecule has 0 fully saturated rings. The Bertz CT molecular complexity index is 1030. The molecule has 5 rings (SSSR count). The van der Waals surface area contributed by atoms with E-state index in [0.29, 0.717) is 0 Å². The van der Waals surface area contributed by atoms with E-state index in [1.54, 1.807) is 6.33 Å². The van der Waals surface area contributed by atoms with Crippen LogP contribution in [0.4, 0.5) is 5.69 Å². The third kappa shape index (κ3) is 1.06. The van der Waals surface area contributed by atoms with Crippen LogP contribution in [0.25, 0.3) is 33.7 Å². The molecule has 0 atom stereocenters. The van der Waals surface area contributed by atoms with Gasteiger partial charge in [-0.1, -0.05) is 0 Å². The van der Waals surface area contributed by atoms with Crippen molar-refractivity contribution in [2.24, 2.45) is 0 Å². The van der Waals surface area contributed by atoms with Gasteiger partial charge < -0.3 is 5.32 Å². The van der Waals surface area contributed by atoms with Crippen molar-refractivity contribution < 1.29 is 0 Å². The van der Waals surface area contributed by atoms with Crippen LogP contribution in [0.1, 0.15) is 5.56 Å². The van der Waals surface area contributed by atoms with Crippen LogP contribution < -0.4 is 5.32 Å². The molecule has 0 aromatic carbocycles. The zero-order valence-electron chi connectivity index (χ0n) is 10.4. The molecular formula is C15H9N5. The lowest BCUT2D eigenvalue weighted by Gasteiger charge is -2.11. The second-order valence-electron chi connectivity index (χ2n) is 4.80. The van der Waals surface area contributed by atoms with Crippen molar-refractivity contribution in [2.45, 2.75) is 0 Å². The maximum Gasteiger partial charge on any atom is 0.147 e. The predicted molar refractivity (Wildman–Crippen MR) is 78.5 cm³/mol. The van der Waals surface area contributed by atoms with Gasteiger partial charge in [0.05, 0.1) is 28.4 Å². The van der Waals surface area contributed by atoms with Crippen molar-refractivity contribution in [1.29, 1.82) is 0 Å². The Balaban J connectivity index is 2.21. The second kappa shape index (κ2) is 3.33. The Hall–Kier alpha value is -2.95. The number of hydrogen-bond donors (Lipinski definition) is 1. The highest BCUT2D eigenvalue weighted by atomic mass is 15.0. The van der Waals surface area contributed by atoms with E-state index >= 15 is 0 Å². The molecule has 94 valence electrons. The molecule has 4 aromatic rings. The Kier molecular flexibility index (Phi) is 1.65. The minimum atomic E-state index is 0.920.